The zero-order valence-corrected chi connectivity index (χ0v) is 11.6. The quantitative estimate of drug-likeness (QED) is 0.838. The molecule has 0 fully saturated rings. The lowest BCUT2D eigenvalue weighted by atomic mass is 10.2. The molecule has 0 saturated carbocycles. The number of halogens is 1. The van der Waals surface area contributed by atoms with E-state index in [2.05, 4.69) is 21.2 Å². The van der Waals surface area contributed by atoms with E-state index >= 15 is 0 Å². The summed E-state index contributed by atoms with van der Waals surface area (Å²) < 4.78 is 12.9. The van der Waals surface area contributed by atoms with E-state index in [1.54, 1.807) is 0 Å². The van der Waals surface area contributed by atoms with Gasteiger partial charge in [0.15, 0.2) is 0 Å². The van der Waals surface area contributed by atoms with E-state index in [4.69, 9.17) is 5.11 Å². The van der Waals surface area contributed by atoms with E-state index in [0.717, 1.165) is 9.37 Å². The molecule has 1 rings (SSSR count). The van der Waals surface area contributed by atoms with Crippen molar-refractivity contribution >= 4 is 26.7 Å². The normalized spacial score (nSPS) is 14.7. The van der Waals surface area contributed by atoms with Gasteiger partial charge in [0.2, 0.25) is 0 Å². The second kappa shape index (κ2) is 7.17. The van der Waals surface area contributed by atoms with Gasteiger partial charge in [0.05, 0.1) is 15.7 Å². The Morgan fingerprint density at radius 1 is 1.50 bits per heavy atom. The smallest absolute Gasteiger partial charge is 0.0556 e. The van der Waals surface area contributed by atoms with Crippen LogP contribution in [0.15, 0.2) is 33.6 Å². The molecule has 0 saturated heterocycles. The number of hydrogen-bond acceptors (Lipinski definition) is 3. The van der Waals surface area contributed by atoms with Crippen LogP contribution in [0.1, 0.15) is 6.42 Å². The number of hydrogen-bond donors (Lipinski definition) is 2. The molecule has 0 bridgehead atoms. The van der Waals surface area contributed by atoms with Gasteiger partial charge >= 0.3 is 0 Å². The van der Waals surface area contributed by atoms with E-state index < -0.39 is 10.8 Å². The molecule has 2 atom stereocenters. The summed E-state index contributed by atoms with van der Waals surface area (Å²) in [5.41, 5.74) is 0. The third-order valence-electron chi connectivity index (χ3n) is 2.32. The van der Waals surface area contributed by atoms with Crippen molar-refractivity contribution in [2.75, 3.05) is 19.4 Å². The van der Waals surface area contributed by atoms with Crippen molar-refractivity contribution in [3.8, 4) is 0 Å². The molecule has 90 valence electrons. The fourth-order valence-electron chi connectivity index (χ4n) is 1.37. The topological polar surface area (TPSA) is 49.3 Å². The Hall–Kier alpha value is -0.230. The predicted molar refractivity (Wildman–Crippen MR) is 70.0 cm³/mol. The van der Waals surface area contributed by atoms with Gasteiger partial charge in [0, 0.05) is 22.9 Å². The first-order chi connectivity index (χ1) is 7.69. The van der Waals surface area contributed by atoms with Gasteiger partial charge in [-0.15, -0.1) is 0 Å². The Balaban J connectivity index is 2.68. The summed E-state index contributed by atoms with van der Waals surface area (Å²) in [5.74, 6) is 0.514. The maximum Gasteiger partial charge on any atom is 0.0556 e. The predicted octanol–water partition coefficient (Wildman–Crippen LogP) is 1.53. The molecule has 0 aliphatic heterocycles. The molecule has 5 heteroatoms. The lowest BCUT2D eigenvalue weighted by Crippen LogP contribution is -2.32. The molecule has 16 heavy (non-hydrogen) atoms. The molecule has 2 unspecified atom stereocenters. The average molecular weight is 306 g/mol. The molecular weight excluding hydrogens is 290 g/mol. The first kappa shape index (κ1) is 13.8. The van der Waals surface area contributed by atoms with Crippen molar-refractivity contribution in [3.05, 3.63) is 28.7 Å². The maximum atomic E-state index is 12.1. The van der Waals surface area contributed by atoms with Crippen LogP contribution in [0, 0.1) is 0 Å². The van der Waals surface area contributed by atoms with Gasteiger partial charge in [0.25, 0.3) is 0 Å². The van der Waals surface area contributed by atoms with Crippen molar-refractivity contribution in [1.29, 1.82) is 0 Å². The van der Waals surface area contributed by atoms with Gasteiger partial charge in [-0.25, -0.2) is 0 Å². The zero-order valence-electron chi connectivity index (χ0n) is 9.15. The largest absolute Gasteiger partial charge is 0.396 e. The highest BCUT2D eigenvalue weighted by atomic mass is 79.9. The molecule has 3 nitrogen and oxygen atoms in total. The highest BCUT2D eigenvalue weighted by Gasteiger charge is 2.13. The van der Waals surface area contributed by atoms with Gasteiger partial charge in [-0.1, -0.05) is 12.1 Å². The van der Waals surface area contributed by atoms with Gasteiger partial charge in [0.1, 0.15) is 0 Å². The maximum absolute atomic E-state index is 12.1. The zero-order chi connectivity index (χ0) is 12.0. The molecule has 0 aliphatic carbocycles. The molecular formula is C11H16BrNO2S. The van der Waals surface area contributed by atoms with Crippen LogP contribution in [0.2, 0.25) is 0 Å². The van der Waals surface area contributed by atoms with Crippen molar-refractivity contribution in [2.24, 2.45) is 0 Å². The Morgan fingerprint density at radius 2 is 2.19 bits per heavy atom. The highest BCUT2D eigenvalue weighted by Crippen LogP contribution is 2.20. The number of benzene rings is 1. The molecule has 0 amide bonds. The molecule has 0 radical (unpaired) electrons. The second-order valence-electron chi connectivity index (χ2n) is 3.44. The highest BCUT2D eigenvalue weighted by molar-refractivity contribution is 9.10. The van der Waals surface area contributed by atoms with Gasteiger partial charge < -0.3 is 10.4 Å². The Kier molecular flexibility index (Phi) is 6.20. The minimum Gasteiger partial charge on any atom is -0.396 e. The van der Waals surface area contributed by atoms with Crippen molar-refractivity contribution in [3.63, 3.8) is 0 Å². The molecule has 0 heterocycles. The fraction of sp³-hybridized carbons (Fsp3) is 0.455. The fourth-order valence-corrected chi connectivity index (χ4v) is 3.59. The molecule has 2 N–H and O–H groups in total. The van der Waals surface area contributed by atoms with Crippen LogP contribution in [0.4, 0.5) is 0 Å². The number of nitrogens with one attached hydrogen (secondary N) is 1. The minimum atomic E-state index is -1.05. The summed E-state index contributed by atoms with van der Waals surface area (Å²) in [6.07, 6.45) is 0.618. The monoisotopic (exact) mass is 305 g/mol. The van der Waals surface area contributed by atoms with Crippen LogP contribution in [0.5, 0.6) is 0 Å². The van der Waals surface area contributed by atoms with Gasteiger partial charge in [-0.2, -0.15) is 0 Å². The van der Waals surface area contributed by atoms with Crippen molar-refractivity contribution in [2.45, 2.75) is 17.4 Å². The summed E-state index contributed by atoms with van der Waals surface area (Å²) in [4.78, 5) is 0.806. The van der Waals surface area contributed by atoms with E-state index in [9.17, 15) is 4.21 Å². The van der Waals surface area contributed by atoms with Crippen LogP contribution in [-0.2, 0) is 10.8 Å². The first-order valence-corrected chi connectivity index (χ1v) is 7.21. The van der Waals surface area contributed by atoms with Crippen LogP contribution in [0.3, 0.4) is 0 Å². The Labute approximate surface area is 107 Å². The van der Waals surface area contributed by atoms with Gasteiger partial charge in [-0.3, -0.25) is 4.21 Å². The van der Waals surface area contributed by atoms with Crippen LogP contribution in [0.25, 0.3) is 0 Å². The van der Waals surface area contributed by atoms with Crippen LogP contribution < -0.4 is 5.32 Å². The molecule has 1 aromatic carbocycles. The Bertz CT molecular complexity index is 360. The summed E-state index contributed by atoms with van der Waals surface area (Å²) in [5, 5.41) is 11.9. The third kappa shape index (κ3) is 3.97. The van der Waals surface area contributed by atoms with E-state index in [-0.39, 0.29) is 12.6 Å². The van der Waals surface area contributed by atoms with Crippen molar-refractivity contribution in [1.82, 2.24) is 5.32 Å². The SMILES string of the molecule is CNC(CCO)CS(=O)c1ccccc1Br. The standard InChI is InChI=1S/C11H16BrNO2S/c1-13-9(6-7-14)8-16(15)11-5-3-2-4-10(11)12/h2-5,9,13-14H,6-8H2,1H3. The summed E-state index contributed by atoms with van der Waals surface area (Å²) in [6, 6.07) is 7.59. The van der Waals surface area contributed by atoms with E-state index in [0.29, 0.717) is 12.2 Å². The second-order valence-corrected chi connectivity index (χ2v) is 5.76. The van der Waals surface area contributed by atoms with E-state index in [1.807, 2.05) is 31.3 Å². The molecule has 0 aliphatic rings. The summed E-state index contributed by atoms with van der Waals surface area (Å²) in [7, 11) is 0.770. The van der Waals surface area contributed by atoms with Gasteiger partial charge in [-0.05, 0) is 41.5 Å². The van der Waals surface area contributed by atoms with Crippen molar-refractivity contribution < 1.29 is 9.32 Å². The van der Waals surface area contributed by atoms with Crippen LogP contribution >= 0.6 is 15.9 Å². The number of aliphatic hydroxyl groups is 1. The third-order valence-corrected chi connectivity index (χ3v) is 4.83. The Morgan fingerprint density at radius 3 is 2.75 bits per heavy atom. The van der Waals surface area contributed by atoms with Crippen LogP contribution in [-0.4, -0.2) is 34.8 Å². The number of aliphatic hydroxyl groups excluding tert-OH is 1. The number of rotatable bonds is 6. The molecule has 0 aromatic heterocycles. The lowest BCUT2D eigenvalue weighted by molar-refractivity contribution is 0.272. The van der Waals surface area contributed by atoms with E-state index in [1.165, 1.54) is 0 Å². The average Bonchev–Trinajstić information content (AvgIpc) is 2.28. The summed E-state index contributed by atoms with van der Waals surface area (Å²) in [6.45, 7) is 0.110. The first-order valence-electron chi connectivity index (χ1n) is 5.10. The minimum absolute atomic E-state index is 0.0814. The molecule has 0 spiro atoms. The molecule has 1 aromatic rings. The summed E-state index contributed by atoms with van der Waals surface area (Å²) >= 11 is 3.38. The lowest BCUT2D eigenvalue weighted by Gasteiger charge is -2.14.